The first kappa shape index (κ1) is 29.6. The highest BCUT2D eigenvalue weighted by Crippen LogP contribution is 2.19. The summed E-state index contributed by atoms with van der Waals surface area (Å²) in [6.07, 6.45) is 24.4. The average Bonchev–Trinajstić information content (AvgIpc) is 2.64. The number of hydrogen-bond donors (Lipinski definition) is 0. The number of hydrogen-bond acceptors (Lipinski definition) is 0. The predicted molar refractivity (Wildman–Crippen MR) is 121 cm³/mol. The Hall–Kier alpha value is 0.440. The van der Waals surface area contributed by atoms with Crippen LogP contribution < -0.4 is 17.0 Å². The summed E-state index contributed by atoms with van der Waals surface area (Å²) in [6, 6.07) is 0. The van der Waals surface area contributed by atoms with Gasteiger partial charge in [0.1, 0.15) is 0 Å². The highest BCUT2D eigenvalue weighted by molar-refractivity contribution is 4.53. The Balaban J connectivity index is 0. The van der Waals surface area contributed by atoms with E-state index in [0.717, 1.165) is 0 Å². The third-order valence-electron chi connectivity index (χ3n) is 6.19. The number of rotatable bonds is 21. The van der Waals surface area contributed by atoms with Gasteiger partial charge in [-0.1, -0.05) is 85.5 Å². The second-order valence-corrected chi connectivity index (χ2v) is 8.83. The normalized spacial score (nSPS) is 11.6. The molecular weight excluding hydrogens is 394 g/mol. The van der Waals surface area contributed by atoms with Crippen molar-refractivity contribution in [2.75, 3.05) is 26.2 Å². The highest BCUT2D eigenvalue weighted by atomic mass is 79.9. The van der Waals surface area contributed by atoms with Gasteiger partial charge in [0.25, 0.3) is 0 Å². The van der Waals surface area contributed by atoms with Crippen molar-refractivity contribution in [3.8, 4) is 0 Å². The molecule has 0 atom stereocenters. The maximum atomic E-state index is 2.35. The Kier molecular flexibility index (Phi) is 24.9. The second-order valence-electron chi connectivity index (χ2n) is 8.83. The lowest BCUT2D eigenvalue weighted by atomic mass is 10.1. The Morgan fingerprint density at radius 2 is 0.556 bits per heavy atom. The molecule has 0 bridgehead atoms. The molecule has 0 saturated heterocycles. The summed E-state index contributed by atoms with van der Waals surface area (Å²) in [4.78, 5) is 0. The topological polar surface area (TPSA) is 0 Å². The fourth-order valence-electron chi connectivity index (χ4n) is 4.34. The van der Waals surface area contributed by atoms with Gasteiger partial charge in [-0.3, -0.25) is 0 Å². The number of unbranched alkanes of at least 4 members (excludes halogenated alkanes) is 13. The lowest BCUT2D eigenvalue weighted by Gasteiger charge is -2.39. The molecular formula is C25H54BrN. The average molecular weight is 449 g/mol. The van der Waals surface area contributed by atoms with Gasteiger partial charge in [0, 0.05) is 0 Å². The van der Waals surface area contributed by atoms with E-state index in [-0.39, 0.29) is 17.0 Å². The van der Waals surface area contributed by atoms with Gasteiger partial charge in [0.05, 0.1) is 26.2 Å². The Morgan fingerprint density at radius 1 is 0.333 bits per heavy atom. The zero-order valence-corrected chi connectivity index (χ0v) is 21.3. The fourth-order valence-corrected chi connectivity index (χ4v) is 4.34. The van der Waals surface area contributed by atoms with E-state index in [9.17, 15) is 0 Å². The molecule has 27 heavy (non-hydrogen) atoms. The largest absolute Gasteiger partial charge is 1.00 e. The molecule has 0 aliphatic heterocycles. The van der Waals surface area contributed by atoms with Gasteiger partial charge in [0.15, 0.2) is 0 Å². The Morgan fingerprint density at radius 3 is 0.889 bits per heavy atom. The molecule has 0 unspecified atom stereocenters. The molecule has 0 rings (SSSR count). The molecule has 0 aliphatic rings. The molecule has 0 aliphatic carbocycles. The first-order valence-corrected chi connectivity index (χ1v) is 12.6. The van der Waals surface area contributed by atoms with Crippen LogP contribution >= 0.6 is 0 Å². The molecule has 0 heterocycles. The van der Waals surface area contributed by atoms with Gasteiger partial charge in [-0.25, -0.2) is 0 Å². The van der Waals surface area contributed by atoms with Gasteiger partial charge in [0.2, 0.25) is 0 Å². The lowest BCUT2D eigenvalue weighted by Crippen LogP contribution is -3.00. The molecule has 1 nitrogen and oxygen atoms in total. The van der Waals surface area contributed by atoms with Gasteiger partial charge in [-0.2, -0.15) is 0 Å². The minimum atomic E-state index is 0. The van der Waals surface area contributed by atoms with E-state index in [4.69, 9.17) is 0 Å². The van der Waals surface area contributed by atoms with Gasteiger partial charge in [-0.15, -0.1) is 0 Å². The first-order chi connectivity index (χ1) is 12.7. The molecule has 0 aromatic carbocycles. The number of halogens is 1. The number of nitrogens with zero attached hydrogens (tertiary/aromatic N) is 1. The van der Waals surface area contributed by atoms with Crippen LogP contribution in [0.2, 0.25) is 0 Å². The third-order valence-corrected chi connectivity index (χ3v) is 6.19. The van der Waals surface area contributed by atoms with Gasteiger partial charge < -0.3 is 21.5 Å². The molecule has 2 heteroatoms. The zero-order chi connectivity index (χ0) is 19.3. The summed E-state index contributed by atoms with van der Waals surface area (Å²) >= 11 is 0. The van der Waals surface area contributed by atoms with Crippen molar-refractivity contribution >= 4 is 0 Å². The summed E-state index contributed by atoms with van der Waals surface area (Å²) in [6.45, 7) is 15.2. The van der Waals surface area contributed by atoms with Crippen molar-refractivity contribution in [1.82, 2.24) is 0 Å². The van der Waals surface area contributed by atoms with Crippen molar-refractivity contribution in [3.05, 3.63) is 0 Å². The summed E-state index contributed by atoms with van der Waals surface area (Å²) in [7, 11) is 0. The van der Waals surface area contributed by atoms with E-state index >= 15 is 0 Å². The summed E-state index contributed by atoms with van der Waals surface area (Å²) < 4.78 is 1.45. The Labute approximate surface area is 184 Å². The van der Waals surface area contributed by atoms with Crippen molar-refractivity contribution in [3.63, 3.8) is 0 Å². The number of quaternary nitrogens is 1. The first-order valence-electron chi connectivity index (χ1n) is 12.6. The molecule has 0 spiro atoms. The fraction of sp³-hybridized carbons (Fsp3) is 1.00. The maximum Gasteiger partial charge on any atom is 0.0786 e. The molecule has 0 amide bonds. The lowest BCUT2D eigenvalue weighted by molar-refractivity contribution is -0.929. The molecule has 0 fully saturated rings. The minimum absolute atomic E-state index is 0. The van der Waals surface area contributed by atoms with Crippen molar-refractivity contribution < 1.29 is 21.5 Å². The molecule has 0 radical (unpaired) electrons. The molecule has 0 aromatic heterocycles. The maximum absolute atomic E-state index is 2.35. The van der Waals surface area contributed by atoms with Gasteiger partial charge >= 0.3 is 0 Å². The van der Waals surface area contributed by atoms with Gasteiger partial charge in [-0.05, 0) is 51.4 Å². The van der Waals surface area contributed by atoms with Crippen LogP contribution in [0, 0.1) is 0 Å². The van der Waals surface area contributed by atoms with E-state index in [1.807, 2.05) is 0 Å². The third kappa shape index (κ3) is 18.2. The summed E-state index contributed by atoms with van der Waals surface area (Å²) in [5.74, 6) is 0. The van der Waals surface area contributed by atoms with Crippen LogP contribution in [0.3, 0.4) is 0 Å². The quantitative estimate of drug-likeness (QED) is 0.160. The standard InChI is InChI=1S/C25H54N.BrH/c1-5-9-13-14-15-16-17-21-25-26(22-18-10-6-2,23-19-11-7-3)24-20-12-8-4;/h5-25H2,1-4H3;1H/q+1;/p-1. The van der Waals surface area contributed by atoms with Crippen LogP contribution in [-0.2, 0) is 0 Å². The Bertz CT molecular complexity index is 241. The van der Waals surface area contributed by atoms with Crippen molar-refractivity contribution in [2.24, 2.45) is 0 Å². The van der Waals surface area contributed by atoms with E-state index < -0.39 is 0 Å². The van der Waals surface area contributed by atoms with Crippen LogP contribution in [0.5, 0.6) is 0 Å². The molecule has 0 aromatic rings. The van der Waals surface area contributed by atoms with E-state index in [0.29, 0.717) is 0 Å². The van der Waals surface area contributed by atoms with Crippen LogP contribution in [-0.4, -0.2) is 30.7 Å². The van der Waals surface area contributed by atoms with E-state index in [1.165, 1.54) is 140 Å². The van der Waals surface area contributed by atoms with Crippen LogP contribution in [0.4, 0.5) is 0 Å². The van der Waals surface area contributed by atoms with Crippen molar-refractivity contribution in [2.45, 2.75) is 137 Å². The summed E-state index contributed by atoms with van der Waals surface area (Å²) in [5, 5.41) is 0. The molecule has 0 N–H and O–H groups in total. The van der Waals surface area contributed by atoms with E-state index in [2.05, 4.69) is 27.7 Å². The smallest absolute Gasteiger partial charge is 0.0786 e. The molecule has 0 saturated carbocycles. The summed E-state index contributed by atoms with van der Waals surface area (Å²) in [5.41, 5.74) is 0. The zero-order valence-electron chi connectivity index (χ0n) is 19.7. The van der Waals surface area contributed by atoms with Crippen LogP contribution in [0.25, 0.3) is 0 Å². The SMILES string of the molecule is CCCCCCCCCC[N+](CCCCC)(CCCCC)CCCCC.[Br-]. The van der Waals surface area contributed by atoms with Crippen LogP contribution in [0.15, 0.2) is 0 Å². The van der Waals surface area contributed by atoms with Crippen molar-refractivity contribution in [1.29, 1.82) is 0 Å². The second kappa shape index (κ2) is 22.7. The monoisotopic (exact) mass is 447 g/mol. The van der Waals surface area contributed by atoms with Crippen LogP contribution in [0.1, 0.15) is 137 Å². The molecule has 166 valence electrons. The minimum Gasteiger partial charge on any atom is -1.00 e. The highest BCUT2D eigenvalue weighted by Gasteiger charge is 2.25. The van der Waals surface area contributed by atoms with E-state index in [1.54, 1.807) is 0 Å². The predicted octanol–water partition coefficient (Wildman–Crippen LogP) is 5.52.